The van der Waals surface area contributed by atoms with Gasteiger partial charge in [0.25, 0.3) is 0 Å². The lowest BCUT2D eigenvalue weighted by atomic mass is 9.98. The van der Waals surface area contributed by atoms with Crippen molar-refractivity contribution in [2.24, 2.45) is 0 Å². The standard InChI is InChI=1S/C26H20ClFN2O2/c1-32-26(31)18-6-10-22-19(13-18)15-24(25(29-22)16-4-8-21(28)9-5-16)30-12-2-3-17-14-20(27)7-11-23(17)30/h4-11,13-15H,2-3,12H2,1H3. The summed E-state index contributed by atoms with van der Waals surface area (Å²) >= 11 is 6.24. The first kappa shape index (κ1) is 20.5. The lowest BCUT2D eigenvalue weighted by Gasteiger charge is -2.33. The summed E-state index contributed by atoms with van der Waals surface area (Å²) in [7, 11) is 1.36. The summed E-state index contributed by atoms with van der Waals surface area (Å²) in [5.41, 5.74) is 5.94. The predicted molar refractivity (Wildman–Crippen MR) is 125 cm³/mol. The molecule has 0 amide bonds. The molecule has 0 fully saturated rings. The maximum atomic E-state index is 13.6. The largest absolute Gasteiger partial charge is 0.465 e. The number of methoxy groups -OCH3 is 1. The van der Waals surface area contributed by atoms with Gasteiger partial charge < -0.3 is 9.64 Å². The van der Waals surface area contributed by atoms with Crippen molar-refractivity contribution in [3.05, 3.63) is 88.7 Å². The minimum Gasteiger partial charge on any atom is -0.465 e. The van der Waals surface area contributed by atoms with Gasteiger partial charge in [0.05, 0.1) is 29.6 Å². The Balaban J connectivity index is 1.74. The first-order chi connectivity index (χ1) is 15.5. The minimum atomic E-state index is -0.394. The molecule has 1 aliphatic rings. The minimum absolute atomic E-state index is 0.295. The number of halogens is 2. The van der Waals surface area contributed by atoms with Gasteiger partial charge in [0.1, 0.15) is 5.82 Å². The molecule has 160 valence electrons. The third-order valence-electron chi connectivity index (χ3n) is 5.78. The van der Waals surface area contributed by atoms with E-state index in [4.69, 9.17) is 21.3 Å². The number of fused-ring (bicyclic) bond motifs is 2. The average Bonchev–Trinajstić information content (AvgIpc) is 2.82. The monoisotopic (exact) mass is 446 g/mol. The molecule has 1 aliphatic heterocycles. The lowest BCUT2D eigenvalue weighted by Crippen LogP contribution is -2.25. The van der Waals surface area contributed by atoms with Crippen LogP contribution in [0.3, 0.4) is 0 Å². The van der Waals surface area contributed by atoms with Gasteiger partial charge >= 0.3 is 5.97 Å². The van der Waals surface area contributed by atoms with Gasteiger partial charge in [-0.2, -0.15) is 0 Å². The molecular weight excluding hydrogens is 427 g/mol. The Hall–Kier alpha value is -3.44. The van der Waals surface area contributed by atoms with Crippen LogP contribution in [0.5, 0.6) is 0 Å². The average molecular weight is 447 g/mol. The van der Waals surface area contributed by atoms with Crippen LogP contribution in [0.2, 0.25) is 5.02 Å². The number of anilines is 2. The molecule has 4 aromatic rings. The number of aromatic nitrogens is 1. The van der Waals surface area contributed by atoms with E-state index in [1.54, 1.807) is 24.3 Å². The number of hydrogen-bond acceptors (Lipinski definition) is 4. The highest BCUT2D eigenvalue weighted by molar-refractivity contribution is 6.30. The molecule has 0 atom stereocenters. The van der Waals surface area contributed by atoms with E-state index in [9.17, 15) is 9.18 Å². The van der Waals surface area contributed by atoms with E-state index in [1.165, 1.54) is 24.8 Å². The molecule has 0 unspecified atom stereocenters. The van der Waals surface area contributed by atoms with E-state index in [2.05, 4.69) is 4.90 Å². The topological polar surface area (TPSA) is 42.4 Å². The van der Waals surface area contributed by atoms with Crippen molar-refractivity contribution in [3.63, 3.8) is 0 Å². The summed E-state index contributed by atoms with van der Waals surface area (Å²) in [5, 5.41) is 1.54. The zero-order valence-corrected chi connectivity index (χ0v) is 18.2. The summed E-state index contributed by atoms with van der Waals surface area (Å²) < 4.78 is 18.5. The molecule has 0 aliphatic carbocycles. The molecular formula is C26H20ClFN2O2. The second-order valence-electron chi connectivity index (χ2n) is 7.79. The number of rotatable bonds is 3. The number of nitrogens with zero attached hydrogens (tertiary/aromatic N) is 2. The van der Waals surface area contributed by atoms with Crippen LogP contribution < -0.4 is 4.90 Å². The first-order valence-electron chi connectivity index (χ1n) is 10.4. The summed E-state index contributed by atoms with van der Waals surface area (Å²) in [4.78, 5) is 19.2. The SMILES string of the molecule is COC(=O)c1ccc2nc(-c3ccc(F)cc3)c(N3CCCc4cc(Cl)ccc43)cc2c1. The Morgan fingerprint density at radius 3 is 2.62 bits per heavy atom. The Bertz CT molecular complexity index is 1340. The van der Waals surface area contributed by atoms with Gasteiger partial charge in [-0.15, -0.1) is 0 Å². The van der Waals surface area contributed by atoms with Gasteiger partial charge in [-0.05, 0) is 85.1 Å². The van der Waals surface area contributed by atoms with Gasteiger partial charge in [0.2, 0.25) is 0 Å². The fourth-order valence-corrected chi connectivity index (χ4v) is 4.45. The molecule has 1 aromatic heterocycles. The van der Waals surface area contributed by atoms with Crippen molar-refractivity contribution in [3.8, 4) is 11.3 Å². The molecule has 0 saturated heterocycles. The third kappa shape index (κ3) is 3.69. The van der Waals surface area contributed by atoms with Crippen LogP contribution in [0, 0.1) is 5.82 Å². The molecule has 0 bridgehead atoms. The van der Waals surface area contributed by atoms with Gasteiger partial charge in [0, 0.05) is 28.2 Å². The molecule has 0 N–H and O–H groups in total. The molecule has 3 aromatic carbocycles. The number of carbonyl (C=O) groups is 1. The second kappa shape index (κ2) is 8.24. The summed E-state index contributed by atoms with van der Waals surface area (Å²) in [6.07, 6.45) is 1.92. The van der Waals surface area contributed by atoms with E-state index in [1.807, 2.05) is 30.3 Å². The van der Waals surface area contributed by atoms with Gasteiger partial charge in [-0.1, -0.05) is 11.6 Å². The molecule has 0 radical (unpaired) electrons. The Morgan fingerprint density at radius 1 is 1.03 bits per heavy atom. The Kier molecular flexibility index (Phi) is 5.27. The van der Waals surface area contributed by atoms with Crippen molar-refractivity contribution >= 4 is 39.8 Å². The molecule has 5 rings (SSSR count). The van der Waals surface area contributed by atoms with E-state index in [0.29, 0.717) is 10.6 Å². The van der Waals surface area contributed by atoms with E-state index in [0.717, 1.165) is 52.9 Å². The highest BCUT2D eigenvalue weighted by atomic mass is 35.5. The zero-order valence-electron chi connectivity index (χ0n) is 17.4. The maximum Gasteiger partial charge on any atom is 0.337 e. The van der Waals surface area contributed by atoms with Crippen LogP contribution in [0.4, 0.5) is 15.8 Å². The highest BCUT2D eigenvalue weighted by Gasteiger charge is 2.23. The molecule has 0 saturated carbocycles. The second-order valence-corrected chi connectivity index (χ2v) is 8.23. The van der Waals surface area contributed by atoms with Gasteiger partial charge in [-0.3, -0.25) is 0 Å². The molecule has 6 heteroatoms. The normalized spacial score (nSPS) is 13.2. The van der Waals surface area contributed by atoms with Crippen molar-refractivity contribution in [1.82, 2.24) is 4.98 Å². The number of pyridine rings is 1. The van der Waals surface area contributed by atoms with Gasteiger partial charge in [-0.25, -0.2) is 14.2 Å². The van der Waals surface area contributed by atoms with E-state index in [-0.39, 0.29) is 5.82 Å². The predicted octanol–water partition coefficient (Wildman–Crippen LogP) is 6.57. The molecule has 0 spiro atoms. The Morgan fingerprint density at radius 2 is 1.84 bits per heavy atom. The van der Waals surface area contributed by atoms with Crippen LogP contribution in [-0.2, 0) is 11.2 Å². The summed E-state index contributed by atoms with van der Waals surface area (Å²) in [6, 6.07) is 19.6. The summed E-state index contributed by atoms with van der Waals surface area (Å²) in [6.45, 7) is 0.812. The zero-order chi connectivity index (χ0) is 22.2. The number of hydrogen-bond donors (Lipinski definition) is 0. The number of carbonyl (C=O) groups excluding carboxylic acids is 1. The smallest absolute Gasteiger partial charge is 0.337 e. The first-order valence-corrected chi connectivity index (χ1v) is 10.8. The van der Waals surface area contributed by atoms with E-state index < -0.39 is 5.97 Å². The van der Waals surface area contributed by atoms with Crippen LogP contribution in [0.1, 0.15) is 22.3 Å². The third-order valence-corrected chi connectivity index (χ3v) is 6.02. The fourth-order valence-electron chi connectivity index (χ4n) is 4.25. The Labute approximate surface area is 190 Å². The van der Waals surface area contributed by atoms with Crippen LogP contribution in [0.25, 0.3) is 22.2 Å². The van der Waals surface area contributed by atoms with Crippen LogP contribution >= 0.6 is 11.6 Å². The van der Waals surface area contributed by atoms with Crippen LogP contribution in [-0.4, -0.2) is 24.6 Å². The molecule has 32 heavy (non-hydrogen) atoms. The van der Waals surface area contributed by atoms with Crippen molar-refractivity contribution in [2.75, 3.05) is 18.6 Å². The molecule has 4 nitrogen and oxygen atoms in total. The highest BCUT2D eigenvalue weighted by Crippen LogP contribution is 2.40. The van der Waals surface area contributed by atoms with Gasteiger partial charge in [0.15, 0.2) is 0 Å². The quantitative estimate of drug-likeness (QED) is 0.334. The molecule has 2 heterocycles. The summed E-state index contributed by atoms with van der Waals surface area (Å²) in [5.74, 6) is -0.689. The number of ether oxygens (including phenoxy) is 1. The van der Waals surface area contributed by atoms with Crippen molar-refractivity contribution in [1.29, 1.82) is 0 Å². The van der Waals surface area contributed by atoms with Crippen molar-refractivity contribution in [2.45, 2.75) is 12.8 Å². The van der Waals surface area contributed by atoms with Crippen LogP contribution in [0.15, 0.2) is 66.7 Å². The fraction of sp³-hybridized carbons (Fsp3) is 0.154. The van der Waals surface area contributed by atoms with Crippen molar-refractivity contribution < 1.29 is 13.9 Å². The number of benzene rings is 3. The number of esters is 1. The number of aryl methyl sites for hydroxylation is 1. The lowest BCUT2D eigenvalue weighted by molar-refractivity contribution is 0.0601. The van der Waals surface area contributed by atoms with E-state index >= 15 is 0 Å². The maximum absolute atomic E-state index is 13.6.